The predicted molar refractivity (Wildman–Crippen MR) is 69.0 cm³/mol. The molecule has 0 amide bonds. The molecule has 0 bridgehead atoms. The van der Waals surface area contributed by atoms with Crippen LogP contribution in [0.5, 0.6) is 0 Å². The van der Waals surface area contributed by atoms with Crippen LogP contribution < -0.4 is 0 Å². The van der Waals surface area contributed by atoms with Crippen LogP contribution in [-0.4, -0.2) is 5.11 Å². The number of thiophene rings is 1. The molecule has 2 rings (SSSR count). The Labute approximate surface area is 108 Å². The van der Waals surface area contributed by atoms with Crippen molar-refractivity contribution in [3.8, 4) is 0 Å². The van der Waals surface area contributed by atoms with Gasteiger partial charge in [-0.05, 0) is 42.0 Å². The molecular weight excluding hydrogens is 259 g/mol. The molecule has 1 unspecified atom stereocenters. The number of halogens is 2. The second-order valence-corrected chi connectivity index (χ2v) is 5.24. The molecule has 4 heteroatoms. The van der Waals surface area contributed by atoms with Crippen molar-refractivity contribution in [1.29, 1.82) is 0 Å². The Balaban J connectivity index is 2.01. The van der Waals surface area contributed by atoms with Gasteiger partial charge in [-0.2, -0.15) is 0 Å². The first kappa shape index (κ1) is 12.6. The molecule has 2 aromatic rings. The summed E-state index contributed by atoms with van der Waals surface area (Å²) in [6.45, 7) is 0. The standard InChI is InChI=1S/C13H12ClFOS/c14-12-8-9(15)3-5-11(12)13(16)6-4-10-2-1-7-17-10/h1-3,5,7-8,13,16H,4,6H2. The number of aliphatic hydroxyl groups excluding tert-OH is 1. The van der Waals surface area contributed by atoms with Gasteiger partial charge in [-0.15, -0.1) is 11.3 Å². The second-order valence-electron chi connectivity index (χ2n) is 3.80. The lowest BCUT2D eigenvalue weighted by atomic mass is 10.0. The topological polar surface area (TPSA) is 20.2 Å². The van der Waals surface area contributed by atoms with Gasteiger partial charge in [0.15, 0.2) is 0 Å². The van der Waals surface area contributed by atoms with Crippen LogP contribution in [0.3, 0.4) is 0 Å². The number of aliphatic hydroxyl groups is 1. The van der Waals surface area contributed by atoms with E-state index in [9.17, 15) is 9.50 Å². The Hall–Kier alpha value is -0.900. The van der Waals surface area contributed by atoms with Crippen molar-refractivity contribution < 1.29 is 9.50 Å². The van der Waals surface area contributed by atoms with Crippen LogP contribution in [0.25, 0.3) is 0 Å². The molecule has 90 valence electrons. The summed E-state index contributed by atoms with van der Waals surface area (Å²) in [7, 11) is 0. The van der Waals surface area contributed by atoms with E-state index in [1.807, 2.05) is 17.5 Å². The third-order valence-corrected chi connectivity index (χ3v) is 3.83. The number of hydrogen-bond donors (Lipinski definition) is 1. The average Bonchev–Trinajstić information content (AvgIpc) is 2.78. The molecule has 0 aliphatic heterocycles. The van der Waals surface area contributed by atoms with E-state index in [2.05, 4.69) is 0 Å². The highest BCUT2D eigenvalue weighted by atomic mass is 35.5. The summed E-state index contributed by atoms with van der Waals surface area (Å²) in [4.78, 5) is 1.22. The predicted octanol–water partition coefficient (Wildman–Crippen LogP) is 4.21. The maximum atomic E-state index is 12.9. The highest BCUT2D eigenvalue weighted by Crippen LogP contribution is 2.27. The summed E-state index contributed by atoms with van der Waals surface area (Å²) in [5.74, 6) is -0.385. The fourth-order valence-corrected chi connectivity index (χ4v) is 2.68. The van der Waals surface area contributed by atoms with Gasteiger partial charge in [0, 0.05) is 9.90 Å². The molecule has 1 N–H and O–H groups in total. The lowest BCUT2D eigenvalue weighted by Gasteiger charge is -2.12. The highest BCUT2D eigenvalue weighted by molar-refractivity contribution is 7.09. The van der Waals surface area contributed by atoms with Crippen molar-refractivity contribution in [1.82, 2.24) is 0 Å². The minimum atomic E-state index is -0.648. The van der Waals surface area contributed by atoms with Crippen molar-refractivity contribution in [2.45, 2.75) is 18.9 Å². The van der Waals surface area contributed by atoms with Gasteiger partial charge in [-0.3, -0.25) is 0 Å². The van der Waals surface area contributed by atoms with Gasteiger partial charge in [-0.1, -0.05) is 23.7 Å². The normalized spacial score (nSPS) is 12.6. The van der Waals surface area contributed by atoms with Gasteiger partial charge >= 0.3 is 0 Å². The third-order valence-electron chi connectivity index (χ3n) is 2.57. The Morgan fingerprint density at radius 3 is 2.82 bits per heavy atom. The van der Waals surface area contributed by atoms with E-state index < -0.39 is 6.10 Å². The fourth-order valence-electron chi connectivity index (χ4n) is 1.66. The van der Waals surface area contributed by atoms with Crippen molar-refractivity contribution in [2.75, 3.05) is 0 Å². The van der Waals surface area contributed by atoms with Crippen molar-refractivity contribution >= 4 is 22.9 Å². The molecule has 1 nitrogen and oxygen atoms in total. The number of rotatable bonds is 4. The number of hydrogen-bond acceptors (Lipinski definition) is 2. The largest absolute Gasteiger partial charge is 0.388 e. The number of aryl methyl sites for hydroxylation is 1. The van der Waals surface area contributed by atoms with E-state index >= 15 is 0 Å². The summed E-state index contributed by atoms with van der Waals surface area (Å²) in [5.41, 5.74) is 0.588. The van der Waals surface area contributed by atoms with Crippen LogP contribution >= 0.6 is 22.9 Å². The van der Waals surface area contributed by atoms with Crippen LogP contribution in [0.15, 0.2) is 35.7 Å². The average molecular weight is 271 g/mol. The lowest BCUT2D eigenvalue weighted by Crippen LogP contribution is -2.00. The van der Waals surface area contributed by atoms with Crippen molar-refractivity contribution in [3.63, 3.8) is 0 Å². The molecule has 1 heterocycles. The Morgan fingerprint density at radius 1 is 1.35 bits per heavy atom. The first-order valence-corrected chi connectivity index (χ1v) is 6.58. The van der Waals surface area contributed by atoms with Gasteiger partial charge in [0.25, 0.3) is 0 Å². The molecule has 0 saturated heterocycles. The minimum Gasteiger partial charge on any atom is -0.388 e. The zero-order valence-corrected chi connectivity index (χ0v) is 10.6. The van der Waals surface area contributed by atoms with E-state index in [1.54, 1.807) is 11.3 Å². The molecule has 0 saturated carbocycles. The van der Waals surface area contributed by atoms with Crippen molar-refractivity contribution in [3.05, 3.63) is 57.0 Å². The monoisotopic (exact) mass is 270 g/mol. The molecule has 1 aromatic heterocycles. The van der Waals surface area contributed by atoms with Gasteiger partial charge in [0.05, 0.1) is 6.10 Å². The van der Waals surface area contributed by atoms with E-state index in [0.29, 0.717) is 12.0 Å². The molecule has 0 spiro atoms. The molecule has 1 aromatic carbocycles. The van der Waals surface area contributed by atoms with Crippen LogP contribution in [0.2, 0.25) is 5.02 Å². The molecular formula is C13H12ClFOS. The molecule has 0 aliphatic carbocycles. The van der Waals surface area contributed by atoms with E-state index in [1.165, 1.54) is 23.1 Å². The summed E-state index contributed by atoms with van der Waals surface area (Å²) in [5, 5.41) is 12.3. The van der Waals surface area contributed by atoms with Crippen LogP contribution in [0, 0.1) is 5.82 Å². The van der Waals surface area contributed by atoms with Crippen molar-refractivity contribution in [2.24, 2.45) is 0 Å². The van der Waals surface area contributed by atoms with Crippen LogP contribution in [0.4, 0.5) is 4.39 Å². The lowest BCUT2D eigenvalue weighted by molar-refractivity contribution is 0.168. The zero-order valence-electron chi connectivity index (χ0n) is 9.07. The van der Waals surface area contributed by atoms with Crippen LogP contribution in [0.1, 0.15) is 23.0 Å². The first-order chi connectivity index (χ1) is 8.16. The maximum absolute atomic E-state index is 12.9. The summed E-state index contributed by atoms with van der Waals surface area (Å²) < 4.78 is 12.9. The van der Waals surface area contributed by atoms with Gasteiger partial charge in [0.1, 0.15) is 5.82 Å². The van der Waals surface area contributed by atoms with E-state index in [0.717, 1.165) is 6.42 Å². The van der Waals surface area contributed by atoms with Gasteiger partial charge in [-0.25, -0.2) is 4.39 Å². The van der Waals surface area contributed by atoms with Gasteiger partial charge < -0.3 is 5.11 Å². The number of benzene rings is 1. The quantitative estimate of drug-likeness (QED) is 0.882. The second kappa shape index (κ2) is 5.63. The van der Waals surface area contributed by atoms with Crippen LogP contribution in [-0.2, 0) is 6.42 Å². The summed E-state index contributed by atoms with van der Waals surface area (Å²) in [6, 6.07) is 8.10. The minimum absolute atomic E-state index is 0.281. The van der Waals surface area contributed by atoms with E-state index in [4.69, 9.17) is 11.6 Å². The fraction of sp³-hybridized carbons (Fsp3) is 0.231. The summed E-state index contributed by atoms with van der Waals surface area (Å²) in [6.07, 6.45) is 0.739. The zero-order chi connectivity index (χ0) is 12.3. The third kappa shape index (κ3) is 3.28. The first-order valence-electron chi connectivity index (χ1n) is 5.32. The van der Waals surface area contributed by atoms with Gasteiger partial charge in [0.2, 0.25) is 0 Å². The molecule has 0 fully saturated rings. The van der Waals surface area contributed by atoms with E-state index in [-0.39, 0.29) is 10.8 Å². The maximum Gasteiger partial charge on any atom is 0.124 e. The smallest absolute Gasteiger partial charge is 0.124 e. The highest BCUT2D eigenvalue weighted by Gasteiger charge is 2.12. The summed E-state index contributed by atoms with van der Waals surface area (Å²) >= 11 is 7.55. The molecule has 1 atom stereocenters. The SMILES string of the molecule is OC(CCc1cccs1)c1ccc(F)cc1Cl. The molecule has 0 aliphatic rings. The molecule has 17 heavy (non-hydrogen) atoms. The Bertz CT molecular complexity index is 484. The molecule has 0 radical (unpaired) electrons. The Kier molecular flexibility index (Phi) is 4.15. The Morgan fingerprint density at radius 2 is 2.18 bits per heavy atom.